The number of alkyl carbamates (subject to hydrolysis) is 1. The van der Waals surface area contributed by atoms with Crippen molar-refractivity contribution in [1.29, 1.82) is 0 Å². The van der Waals surface area contributed by atoms with Crippen LogP contribution >= 0.6 is 43.2 Å². The molecule has 0 saturated heterocycles. The second-order valence-electron chi connectivity index (χ2n) is 18.0. The van der Waals surface area contributed by atoms with E-state index in [1.54, 1.807) is 70.1 Å². The molecule has 50 nitrogen and oxygen atoms in total. The first-order valence-corrected chi connectivity index (χ1v) is 33.6. The Kier molecular flexibility index (Phi) is 114. The third kappa shape index (κ3) is 96.1. The van der Waals surface area contributed by atoms with E-state index < -0.39 is 120 Å². The standard InChI is InChI=1S/C15H21N5O4S2.C14H10N4O5.C10H15N2O7.C7H16N2O2S2.2C2HF3O2.CH2O3.Cu.3Na.H2O4S.8H2O/c1-25-26-11(6-7-12(16)14(21)22)8-18-15(23)24-9-10-4-2-3-5-13(10)19-20-17;15-17-16-13-4-2-1-3-10(13)9-22-14(19)23-12-7-5-11(6-8-12)18(20)21;13-4-3-11(5-8(14)15)1-2-12(6-9(16)17)7-10(18)19;1-12-13-5(4-8)2-3-6(9)7(10)11;2*3-2(4,5)1(6)7;2-1(3)4;;;;;1-5(2,3)4;;;;;;;;/h2-5,11-12H,6-9,16H2,1H3,(H,18,23)(H,21,22);1-8H,9H2;1-3,5-7H2,(H,14,15)(H,16,17)(H,18,19);5-6H,2-4,8-9H2,1H3,(H,10,11);2*(H,6,7);(H2,2,3,4);;;;;(H2,1,2,3,4);8*1H2/q;;-1;;;;;+2;3*+1;;;;;;;;;/p-5/t11-,12-;;;5-,6-;;;;;;;;;;;;;;;;/m0..0................/s1. The number of amides is 1. The maximum Gasteiger partial charge on any atom is 2.00 e. The van der Waals surface area contributed by atoms with Crippen LogP contribution in [0.15, 0.2) is 83.0 Å². The van der Waals surface area contributed by atoms with Crippen molar-refractivity contribution >= 4 is 137 Å². The van der Waals surface area contributed by atoms with Gasteiger partial charge in [-0.2, -0.15) is 26.3 Å². The fourth-order valence-electron chi connectivity index (χ4n) is 5.85. The van der Waals surface area contributed by atoms with Gasteiger partial charge in [-0.05, 0) is 72.5 Å². The number of halogens is 6. The molecule has 0 aliphatic rings. The number of carboxylic acids is 7. The number of hydrogen-bond acceptors (Lipinski definition) is 34. The molecule has 3 rings (SSSR count). The number of rotatable bonds is 34. The summed E-state index contributed by atoms with van der Waals surface area (Å²) >= 11 is 0. The molecule has 29 N–H and O–H groups in total. The molecule has 1 amide bonds. The summed E-state index contributed by atoms with van der Waals surface area (Å²) in [5.41, 5.74) is 35.1. The van der Waals surface area contributed by atoms with E-state index in [2.05, 4.69) is 25.4 Å². The zero-order valence-electron chi connectivity index (χ0n) is 60.6. The molecule has 0 heterocycles. The van der Waals surface area contributed by atoms with Crippen molar-refractivity contribution in [3.63, 3.8) is 0 Å². The average molecular weight is 1870 g/mol. The number of benzene rings is 3. The zero-order valence-corrected chi connectivity index (χ0v) is 71.6. The van der Waals surface area contributed by atoms with Gasteiger partial charge in [0, 0.05) is 87.0 Å². The number of nitrogens with one attached hydrogen (secondary N) is 1. The molecule has 3 aromatic rings. The third-order valence-electron chi connectivity index (χ3n) is 10.3. The smallest absolute Gasteiger partial charge is 0.870 e. The minimum atomic E-state index is -5.17. The Labute approximate surface area is 744 Å². The number of nitrogens with zero attached hydrogens (tertiary/aromatic N) is 9. The molecule has 0 aliphatic carbocycles. The van der Waals surface area contributed by atoms with Crippen molar-refractivity contribution in [3.8, 4) is 5.75 Å². The van der Waals surface area contributed by atoms with Crippen LogP contribution in [-0.2, 0) is 88.5 Å². The van der Waals surface area contributed by atoms with Crippen LogP contribution in [0.4, 0.5) is 57.8 Å². The summed E-state index contributed by atoms with van der Waals surface area (Å²) in [7, 11) is 1.22. The minimum absolute atomic E-state index is 0. The average Bonchev–Trinajstić information content (AvgIpc) is 0.887. The van der Waals surface area contributed by atoms with Gasteiger partial charge in [-0.25, -0.2) is 25.5 Å². The Morgan fingerprint density at radius 3 is 1.28 bits per heavy atom. The maximum absolute atomic E-state index is 11.9. The van der Waals surface area contributed by atoms with E-state index in [1.165, 1.54) is 57.0 Å². The summed E-state index contributed by atoms with van der Waals surface area (Å²) < 4.78 is 112. The predicted molar refractivity (Wildman–Crippen MR) is 373 cm³/mol. The van der Waals surface area contributed by atoms with Gasteiger partial charge < -0.3 is 155 Å². The number of nitro groups is 1. The van der Waals surface area contributed by atoms with Crippen molar-refractivity contribution in [3.05, 3.63) is 115 Å². The molecule has 0 aliphatic heterocycles. The van der Waals surface area contributed by atoms with Gasteiger partial charge >= 0.3 is 166 Å². The van der Waals surface area contributed by atoms with Crippen molar-refractivity contribution < 1.29 is 311 Å². The second-order valence-corrected chi connectivity index (χ2v) is 24.4. The van der Waals surface area contributed by atoms with E-state index in [0.29, 0.717) is 60.1 Å². The molecule has 0 unspecified atom stereocenters. The van der Waals surface area contributed by atoms with Crippen LogP contribution in [-0.4, -0.2) is 278 Å². The Morgan fingerprint density at radius 2 is 0.966 bits per heavy atom. The topological polar surface area (TPSA) is 971 Å². The van der Waals surface area contributed by atoms with Crippen LogP contribution in [0.25, 0.3) is 20.9 Å². The first kappa shape index (κ1) is 150. The summed E-state index contributed by atoms with van der Waals surface area (Å²) in [6.07, 6.45) is -6.29. The number of hydrogen-bond donors (Lipinski definition) is 11. The van der Waals surface area contributed by atoms with Crippen molar-refractivity contribution in [2.75, 3.05) is 64.9 Å². The van der Waals surface area contributed by atoms with Gasteiger partial charge in [-0.1, -0.05) is 108 Å². The molecule has 0 spiro atoms. The molecule has 0 saturated carbocycles. The number of alkyl halides is 6. The van der Waals surface area contributed by atoms with E-state index in [1.807, 2.05) is 12.5 Å². The van der Waals surface area contributed by atoms with Crippen LogP contribution in [0.1, 0.15) is 36.8 Å². The molecule has 657 valence electrons. The summed E-state index contributed by atoms with van der Waals surface area (Å²) in [5.74, 6) is -11.2. The molecule has 1 radical (unpaired) electrons. The van der Waals surface area contributed by atoms with E-state index in [-0.39, 0.29) is 199 Å². The van der Waals surface area contributed by atoms with E-state index >= 15 is 0 Å². The van der Waals surface area contributed by atoms with E-state index in [9.17, 15) is 79.9 Å². The molecule has 65 heteroatoms. The Morgan fingerprint density at radius 1 is 0.629 bits per heavy atom. The van der Waals surface area contributed by atoms with Gasteiger partial charge in [-0.15, -0.1) is 0 Å². The van der Waals surface area contributed by atoms with Gasteiger partial charge in [0.05, 0.1) is 24.0 Å². The van der Waals surface area contributed by atoms with Gasteiger partial charge in [0.1, 0.15) is 31.0 Å². The van der Waals surface area contributed by atoms with Gasteiger partial charge in [0.15, 0.2) is 0 Å². The number of non-ortho nitro benzene ring substituents is 1. The summed E-state index contributed by atoms with van der Waals surface area (Å²) in [6.45, 7) is -1.02. The molecule has 0 bridgehead atoms. The Balaban J connectivity index is -0.0000000674. The van der Waals surface area contributed by atoms with Gasteiger partial charge in [-0.3, -0.25) is 42.6 Å². The maximum atomic E-state index is 11.9. The number of azide groups is 2. The van der Waals surface area contributed by atoms with E-state index in [4.69, 9.17) is 115 Å². The van der Waals surface area contributed by atoms with E-state index in [0.717, 1.165) is 11.3 Å². The number of ether oxygens (including phenoxy) is 3. The Hall–Kier alpha value is -6.70. The van der Waals surface area contributed by atoms with Gasteiger partial charge in [0.25, 0.3) is 5.69 Å². The third-order valence-corrected chi connectivity index (χ3v) is 14.8. The minimum Gasteiger partial charge on any atom is -0.870 e. The fraction of sp³-hybridized carbons (Fsp3) is 0.431. The SMILES string of the molecule is CSS[C@@H](CC[C@H](N)C(=O)O)CNC(=O)OCc1ccccc1N=[N+]=[N-].CSS[C@H](CN)CC[C@H](N)C(=O)O.O.O.O.O.O.O.O.O=C(O)C(F)(F)F.O=C(O)C(F)(F)F.O=C([O-])O.O=S(=O)([O-])[O-].O=[C-]CN(CCN(CC(=O)[O-])CC(=O)O)CC(=O)O.[Cu+2].[N-]=[N+]=Nc1ccccc1COC(=O)Oc1ccc([N+](=O)[O-])cc1.[Na+].[Na+].[Na+].[OH-]. The molecule has 116 heavy (non-hydrogen) atoms. The van der Waals surface area contributed by atoms with Crippen LogP contribution in [0.2, 0.25) is 0 Å². The molecule has 3 aromatic carbocycles. The van der Waals surface area contributed by atoms with Crippen LogP contribution in [0, 0.1) is 10.1 Å². The molecule has 0 aromatic heterocycles. The number of carboxylic acid groups (broad SMARTS) is 9. The molecule has 4 atom stereocenters. The number of carbonyl (C=O) groups excluding carboxylic acids is 4. The first-order valence-electron chi connectivity index (χ1n) is 27.1. The van der Waals surface area contributed by atoms with Crippen molar-refractivity contribution in [1.82, 2.24) is 15.1 Å². The number of carbonyl (C=O) groups is 10. The fourth-order valence-corrected chi connectivity index (χ4v) is 9.74. The summed E-state index contributed by atoms with van der Waals surface area (Å²) in [6, 6.07) is 16.7. The summed E-state index contributed by atoms with van der Waals surface area (Å²) in [4.78, 5) is 130. The van der Waals surface area contributed by atoms with Gasteiger partial charge in [0.2, 0.25) is 6.16 Å². The normalized spacial score (nSPS) is 10.2. The second kappa shape index (κ2) is 87.6. The molecular formula is C51H79CuF6N13Na3O37S5-. The predicted octanol–water partition coefficient (Wildman–Crippen LogP) is -11.3. The molecule has 0 fully saturated rings. The Bertz CT molecular complexity index is 3380. The van der Waals surface area contributed by atoms with Crippen LogP contribution in [0.3, 0.4) is 0 Å². The van der Waals surface area contributed by atoms with Crippen molar-refractivity contribution in [2.24, 2.45) is 27.4 Å². The van der Waals surface area contributed by atoms with Crippen LogP contribution < -0.4 is 126 Å². The van der Waals surface area contributed by atoms with Crippen molar-refractivity contribution in [2.45, 2.75) is 73.8 Å². The molecular weight excluding hydrogens is 1790 g/mol. The van der Waals surface area contributed by atoms with Crippen LogP contribution in [0.5, 0.6) is 5.75 Å². The number of nitrogens with two attached hydrogens (primary N) is 3. The largest absolute Gasteiger partial charge is 2.00 e. The summed E-state index contributed by atoms with van der Waals surface area (Å²) in [5, 5.41) is 95.0. The zero-order chi connectivity index (χ0) is 81.4. The number of aliphatic carboxylic acids is 7. The first-order chi connectivity index (χ1) is 48.1. The quantitative estimate of drug-likeness (QED) is 0.00211. The number of nitro benzene ring substituents is 1. The monoisotopic (exact) mass is 1870 g/mol.